The van der Waals surface area contributed by atoms with E-state index in [9.17, 15) is 5.11 Å². The summed E-state index contributed by atoms with van der Waals surface area (Å²) in [6.45, 7) is 2.78. The van der Waals surface area contributed by atoms with Crippen molar-refractivity contribution in [3.63, 3.8) is 0 Å². The minimum Gasteiger partial charge on any atom is -0.394 e. The lowest BCUT2D eigenvalue weighted by Gasteiger charge is -2.16. The van der Waals surface area contributed by atoms with E-state index >= 15 is 0 Å². The standard InChI is InChI=1S/C15H17N3OS/c1-11-14(18-7-8-20-15(18)17-11)9-16-13(10-19)12-5-3-2-4-6-12/h2-8,13,16,19H,9-10H2,1H3/t13-/m0/s1. The summed E-state index contributed by atoms with van der Waals surface area (Å²) in [7, 11) is 0. The van der Waals surface area contributed by atoms with Gasteiger partial charge in [0.05, 0.1) is 24.0 Å². The lowest BCUT2D eigenvalue weighted by atomic mass is 10.1. The highest BCUT2D eigenvalue weighted by Crippen LogP contribution is 2.18. The van der Waals surface area contributed by atoms with Crippen molar-refractivity contribution in [2.45, 2.75) is 19.5 Å². The Bertz CT molecular complexity index is 690. The van der Waals surface area contributed by atoms with Gasteiger partial charge in [0.25, 0.3) is 0 Å². The number of aliphatic hydroxyl groups excluding tert-OH is 1. The van der Waals surface area contributed by atoms with Crippen LogP contribution < -0.4 is 5.32 Å². The SMILES string of the molecule is Cc1nc2sccn2c1CN[C@@H](CO)c1ccccc1. The zero-order chi connectivity index (χ0) is 13.9. The molecule has 4 nitrogen and oxygen atoms in total. The highest BCUT2D eigenvalue weighted by molar-refractivity contribution is 7.15. The molecule has 3 aromatic rings. The number of nitrogens with zero attached hydrogens (tertiary/aromatic N) is 2. The Labute approximate surface area is 121 Å². The third-order valence-corrected chi connectivity index (χ3v) is 4.22. The molecule has 0 unspecified atom stereocenters. The van der Waals surface area contributed by atoms with Crippen molar-refractivity contribution in [3.8, 4) is 0 Å². The zero-order valence-electron chi connectivity index (χ0n) is 11.3. The molecule has 2 heterocycles. The van der Waals surface area contributed by atoms with E-state index in [0.29, 0.717) is 6.54 Å². The van der Waals surface area contributed by atoms with Crippen LogP contribution in [-0.2, 0) is 6.54 Å². The monoisotopic (exact) mass is 287 g/mol. The van der Waals surface area contributed by atoms with E-state index in [-0.39, 0.29) is 12.6 Å². The first-order valence-corrected chi connectivity index (χ1v) is 7.48. The van der Waals surface area contributed by atoms with Crippen LogP contribution in [0.2, 0.25) is 0 Å². The number of aliphatic hydroxyl groups is 1. The van der Waals surface area contributed by atoms with Crippen LogP contribution in [0.3, 0.4) is 0 Å². The number of hydrogen-bond donors (Lipinski definition) is 2. The lowest BCUT2D eigenvalue weighted by molar-refractivity contribution is 0.243. The van der Waals surface area contributed by atoms with E-state index in [1.165, 1.54) is 0 Å². The van der Waals surface area contributed by atoms with Gasteiger partial charge >= 0.3 is 0 Å². The fraction of sp³-hybridized carbons (Fsp3) is 0.267. The Morgan fingerprint density at radius 1 is 1.35 bits per heavy atom. The number of imidazole rings is 1. The summed E-state index contributed by atoms with van der Waals surface area (Å²) in [5.41, 5.74) is 3.28. The molecule has 0 aliphatic carbocycles. The Kier molecular flexibility index (Phi) is 3.82. The molecule has 0 aliphatic rings. The van der Waals surface area contributed by atoms with Crippen molar-refractivity contribution < 1.29 is 5.11 Å². The lowest BCUT2D eigenvalue weighted by Crippen LogP contribution is -2.24. The second-order valence-corrected chi connectivity index (χ2v) is 5.60. The van der Waals surface area contributed by atoms with E-state index in [2.05, 4.69) is 14.7 Å². The molecule has 20 heavy (non-hydrogen) atoms. The molecule has 2 aromatic heterocycles. The molecule has 0 fully saturated rings. The molecule has 0 amide bonds. The number of aromatic nitrogens is 2. The summed E-state index contributed by atoms with van der Waals surface area (Å²) < 4.78 is 2.10. The highest BCUT2D eigenvalue weighted by Gasteiger charge is 2.13. The summed E-state index contributed by atoms with van der Waals surface area (Å²) in [4.78, 5) is 5.54. The quantitative estimate of drug-likeness (QED) is 0.758. The fourth-order valence-electron chi connectivity index (χ4n) is 2.35. The van der Waals surface area contributed by atoms with Crippen LogP contribution >= 0.6 is 11.3 Å². The van der Waals surface area contributed by atoms with Gasteiger partial charge in [0, 0.05) is 18.1 Å². The maximum absolute atomic E-state index is 9.57. The Balaban J connectivity index is 1.78. The van der Waals surface area contributed by atoms with Crippen LogP contribution in [0, 0.1) is 6.92 Å². The highest BCUT2D eigenvalue weighted by atomic mass is 32.1. The van der Waals surface area contributed by atoms with Crippen molar-refractivity contribution in [2.75, 3.05) is 6.61 Å². The topological polar surface area (TPSA) is 49.6 Å². The van der Waals surface area contributed by atoms with Crippen molar-refractivity contribution in [2.24, 2.45) is 0 Å². The Morgan fingerprint density at radius 3 is 2.90 bits per heavy atom. The molecule has 1 atom stereocenters. The number of benzene rings is 1. The molecule has 2 N–H and O–H groups in total. The van der Waals surface area contributed by atoms with Crippen LogP contribution in [0.25, 0.3) is 4.96 Å². The van der Waals surface area contributed by atoms with Crippen molar-refractivity contribution in [3.05, 3.63) is 58.9 Å². The predicted octanol–water partition coefficient (Wildman–Crippen LogP) is 2.53. The van der Waals surface area contributed by atoms with E-state index < -0.39 is 0 Å². The summed E-state index contributed by atoms with van der Waals surface area (Å²) in [5, 5.41) is 15.0. The van der Waals surface area contributed by atoms with Gasteiger partial charge in [-0.25, -0.2) is 4.98 Å². The molecule has 1 aromatic carbocycles. The molecule has 0 aliphatic heterocycles. The first kappa shape index (κ1) is 13.3. The van der Waals surface area contributed by atoms with Gasteiger partial charge in [0.1, 0.15) is 0 Å². The second-order valence-electron chi connectivity index (χ2n) is 4.73. The molecule has 0 saturated carbocycles. The van der Waals surface area contributed by atoms with Gasteiger partial charge in [-0.3, -0.25) is 4.40 Å². The number of hydrogen-bond acceptors (Lipinski definition) is 4. The minimum absolute atomic E-state index is 0.0558. The van der Waals surface area contributed by atoms with Gasteiger partial charge in [0.2, 0.25) is 0 Å². The van der Waals surface area contributed by atoms with Gasteiger partial charge in [-0.15, -0.1) is 11.3 Å². The van der Waals surface area contributed by atoms with E-state index in [0.717, 1.165) is 21.9 Å². The summed E-state index contributed by atoms with van der Waals surface area (Å²) in [6.07, 6.45) is 2.04. The van der Waals surface area contributed by atoms with Crippen LogP contribution in [-0.4, -0.2) is 21.1 Å². The average Bonchev–Trinajstić information content (AvgIpc) is 3.02. The fourth-order valence-corrected chi connectivity index (χ4v) is 3.13. The molecule has 0 spiro atoms. The molecular weight excluding hydrogens is 270 g/mol. The largest absolute Gasteiger partial charge is 0.394 e. The number of rotatable bonds is 5. The van der Waals surface area contributed by atoms with Crippen LogP contribution in [0.4, 0.5) is 0 Å². The van der Waals surface area contributed by atoms with Crippen molar-refractivity contribution in [1.29, 1.82) is 0 Å². The minimum atomic E-state index is -0.0558. The summed E-state index contributed by atoms with van der Waals surface area (Å²) in [6, 6.07) is 9.95. The number of aryl methyl sites for hydroxylation is 1. The smallest absolute Gasteiger partial charge is 0.194 e. The van der Waals surface area contributed by atoms with Gasteiger partial charge in [0.15, 0.2) is 4.96 Å². The third kappa shape index (κ3) is 2.47. The van der Waals surface area contributed by atoms with Crippen molar-refractivity contribution >= 4 is 16.3 Å². The zero-order valence-corrected chi connectivity index (χ0v) is 12.1. The van der Waals surface area contributed by atoms with Crippen LogP contribution in [0.1, 0.15) is 23.0 Å². The maximum atomic E-state index is 9.57. The maximum Gasteiger partial charge on any atom is 0.194 e. The molecule has 0 bridgehead atoms. The number of fused-ring (bicyclic) bond motifs is 1. The van der Waals surface area contributed by atoms with Crippen LogP contribution in [0.15, 0.2) is 41.9 Å². The Hall–Kier alpha value is -1.69. The van der Waals surface area contributed by atoms with Crippen LogP contribution in [0.5, 0.6) is 0 Å². The molecule has 104 valence electrons. The van der Waals surface area contributed by atoms with Gasteiger partial charge in [-0.05, 0) is 12.5 Å². The van der Waals surface area contributed by atoms with Gasteiger partial charge in [-0.2, -0.15) is 0 Å². The number of nitrogens with one attached hydrogen (secondary N) is 1. The van der Waals surface area contributed by atoms with Gasteiger partial charge in [-0.1, -0.05) is 30.3 Å². The van der Waals surface area contributed by atoms with E-state index in [1.807, 2.05) is 48.8 Å². The van der Waals surface area contributed by atoms with E-state index in [1.54, 1.807) is 11.3 Å². The first-order valence-electron chi connectivity index (χ1n) is 6.60. The molecule has 0 radical (unpaired) electrons. The van der Waals surface area contributed by atoms with Crippen molar-refractivity contribution in [1.82, 2.24) is 14.7 Å². The second kappa shape index (κ2) is 5.75. The molecular formula is C15H17N3OS. The number of thiazole rings is 1. The summed E-state index contributed by atoms with van der Waals surface area (Å²) >= 11 is 1.63. The predicted molar refractivity (Wildman–Crippen MR) is 80.9 cm³/mol. The van der Waals surface area contributed by atoms with E-state index in [4.69, 9.17) is 0 Å². The molecule has 0 saturated heterocycles. The molecule has 5 heteroatoms. The third-order valence-electron chi connectivity index (χ3n) is 3.46. The summed E-state index contributed by atoms with van der Waals surface area (Å²) in [5.74, 6) is 0. The molecule has 3 rings (SSSR count). The first-order chi connectivity index (χ1) is 9.79. The van der Waals surface area contributed by atoms with Gasteiger partial charge < -0.3 is 10.4 Å². The average molecular weight is 287 g/mol. The normalized spacial score (nSPS) is 12.9. The Morgan fingerprint density at radius 2 is 2.15 bits per heavy atom.